The predicted octanol–water partition coefficient (Wildman–Crippen LogP) is 2.91. The van der Waals surface area contributed by atoms with Gasteiger partial charge in [-0.05, 0) is 24.3 Å². The lowest BCUT2D eigenvalue weighted by atomic mass is 10.5. The lowest BCUT2D eigenvalue weighted by Gasteiger charge is -2.01. The van der Waals surface area contributed by atoms with Crippen molar-refractivity contribution in [2.24, 2.45) is 0 Å². The summed E-state index contributed by atoms with van der Waals surface area (Å²) in [6.07, 6.45) is 2.69. The van der Waals surface area contributed by atoms with E-state index in [0.717, 1.165) is 11.8 Å². The molecule has 2 aromatic rings. The van der Waals surface area contributed by atoms with Crippen LogP contribution in [0.2, 0.25) is 0 Å². The van der Waals surface area contributed by atoms with Crippen molar-refractivity contribution in [2.75, 3.05) is 0 Å². The minimum Gasteiger partial charge on any atom is -0.227 e. The first-order chi connectivity index (χ1) is 7.27. The molecule has 2 rings (SSSR count). The molecule has 0 unspecified atom stereocenters. The van der Waals surface area contributed by atoms with Crippen LogP contribution in [0, 0.1) is 11.9 Å². The van der Waals surface area contributed by atoms with Crippen molar-refractivity contribution in [2.45, 2.75) is 9.79 Å². The van der Waals surface area contributed by atoms with Crippen molar-refractivity contribution in [1.29, 1.82) is 0 Å². The Labute approximate surface area is 89.4 Å². The van der Waals surface area contributed by atoms with E-state index in [2.05, 4.69) is 9.97 Å². The van der Waals surface area contributed by atoms with Crippen LogP contribution in [-0.4, -0.2) is 9.97 Å². The van der Waals surface area contributed by atoms with Crippen molar-refractivity contribution in [3.05, 3.63) is 48.6 Å². The number of hydrogen-bond donors (Lipinski definition) is 0. The minimum absolute atomic E-state index is 0.282. The Balaban J connectivity index is 2.30. The highest BCUT2D eigenvalue weighted by molar-refractivity contribution is 7.99. The predicted molar refractivity (Wildman–Crippen MR) is 52.5 cm³/mol. The fourth-order valence-corrected chi connectivity index (χ4v) is 1.82. The summed E-state index contributed by atoms with van der Waals surface area (Å²) in [7, 11) is 0. The van der Waals surface area contributed by atoms with Crippen LogP contribution in [0.3, 0.4) is 0 Å². The van der Waals surface area contributed by atoms with E-state index >= 15 is 0 Å². The summed E-state index contributed by atoms with van der Waals surface area (Å²) >= 11 is 0.966. The van der Waals surface area contributed by atoms with Gasteiger partial charge in [-0.15, -0.1) is 0 Å². The number of aromatic nitrogens is 2. The Kier molecular flexibility index (Phi) is 2.91. The zero-order valence-corrected chi connectivity index (χ0v) is 8.34. The molecular formula is C10H6F2N2S. The summed E-state index contributed by atoms with van der Waals surface area (Å²) in [5.74, 6) is -1.21. The molecule has 0 spiro atoms. The average molecular weight is 224 g/mol. The first-order valence-electron chi connectivity index (χ1n) is 4.16. The summed E-state index contributed by atoms with van der Waals surface area (Å²) in [6.45, 7) is 0. The maximum absolute atomic E-state index is 13.1. The standard InChI is InChI=1S/C10H6F2N2S/c11-9-7(3-1-5-13-9)15-8-4-2-6-14-10(8)12/h1-6H. The van der Waals surface area contributed by atoms with Gasteiger partial charge in [-0.1, -0.05) is 11.8 Å². The molecule has 76 valence electrons. The average Bonchev–Trinajstić information content (AvgIpc) is 2.24. The molecule has 0 amide bonds. The second kappa shape index (κ2) is 4.35. The molecule has 0 atom stereocenters. The summed E-state index contributed by atoms with van der Waals surface area (Å²) in [5, 5.41) is 0. The van der Waals surface area contributed by atoms with Crippen LogP contribution < -0.4 is 0 Å². The first kappa shape index (κ1) is 10.0. The van der Waals surface area contributed by atoms with Gasteiger partial charge in [0.15, 0.2) is 0 Å². The first-order valence-corrected chi connectivity index (χ1v) is 4.98. The Morgan fingerprint density at radius 1 is 0.867 bits per heavy atom. The van der Waals surface area contributed by atoms with Gasteiger partial charge < -0.3 is 0 Å². The molecule has 0 fully saturated rings. The van der Waals surface area contributed by atoms with E-state index in [9.17, 15) is 8.78 Å². The third kappa shape index (κ3) is 2.30. The zero-order chi connectivity index (χ0) is 10.7. The van der Waals surface area contributed by atoms with Gasteiger partial charge in [0, 0.05) is 12.4 Å². The summed E-state index contributed by atoms with van der Waals surface area (Å²) < 4.78 is 26.3. The van der Waals surface area contributed by atoms with E-state index in [1.165, 1.54) is 12.4 Å². The minimum atomic E-state index is -0.606. The zero-order valence-electron chi connectivity index (χ0n) is 7.52. The van der Waals surface area contributed by atoms with Gasteiger partial charge in [0.25, 0.3) is 0 Å². The third-order valence-electron chi connectivity index (χ3n) is 1.67. The van der Waals surface area contributed by atoms with Crippen LogP contribution in [0.15, 0.2) is 46.5 Å². The highest BCUT2D eigenvalue weighted by Crippen LogP contribution is 2.29. The van der Waals surface area contributed by atoms with Crippen LogP contribution in [0.25, 0.3) is 0 Å². The highest BCUT2D eigenvalue weighted by atomic mass is 32.2. The van der Waals surface area contributed by atoms with Gasteiger partial charge in [0.05, 0.1) is 9.79 Å². The monoisotopic (exact) mass is 224 g/mol. The Hall–Kier alpha value is -1.49. The second-order valence-corrected chi connectivity index (χ2v) is 3.77. The normalized spacial score (nSPS) is 10.3. The Morgan fingerprint density at radius 2 is 1.33 bits per heavy atom. The smallest absolute Gasteiger partial charge is 0.226 e. The number of hydrogen-bond acceptors (Lipinski definition) is 3. The molecule has 2 heterocycles. The van der Waals surface area contributed by atoms with Gasteiger partial charge in [-0.3, -0.25) is 0 Å². The molecule has 0 radical (unpaired) electrons. The number of rotatable bonds is 2. The lowest BCUT2D eigenvalue weighted by molar-refractivity contribution is 0.551. The molecule has 5 heteroatoms. The van der Waals surface area contributed by atoms with Gasteiger partial charge in [0.2, 0.25) is 11.9 Å². The van der Waals surface area contributed by atoms with E-state index in [0.29, 0.717) is 0 Å². The molecule has 2 nitrogen and oxygen atoms in total. The fourth-order valence-electron chi connectivity index (χ4n) is 1.01. The molecule has 0 aliphatic carbocycles. The lowest BCUT2D eigenvalue weighted by Crippen LogP contribution is -1.88. The van der Waals surface area contributed by atoms with Crippen molar-refractivity contribution < 1.29 is 8.78 Å². The summed E-state index contributed by atoms with van der Waals surface area (Å²) in [5.41, 5.74) is 0. The number of halogens is 2. The molecule has 0 bridgehead atoms. The van der Waals surface area contributed by atoms with Gasteiger partial charge in [0.1, 0.15) is 0 Å². The van der Waals surface area contributed by atoms with Crippen molar-refractivity contribution >= 4 is 11.8 Å². The van der Waals surface area contributed by atoms with Crippen LogP contribution in [0.4, 0.5) is 8.78 Å². The quantitative estimate of drug-likeness (QED) is 0.733. The summed E-state index contributed by atoms with van der Waals surface area (Å²) in [4.78, 5) is 7.51. The van der Waals surface area contributed by atoms with E-state index in [1.54, 1.807) is 24.3 Å². The molecule has 0 aliphatic heterocycles. The van der Waals surface area contributed by atoms with Gasteiger partial charge >= 0.3 is 0 Å². The Morgan fingerprint density at radius 3 is 1.73 bits per heavy atom. The van der Waals surface area contributed by atoms with E-state index < -0.39 is 11.9 Å². The maximum atomic E-state index is 13.1. The van der Waals surface area contributed by atoms with Gasteiger partial charge in [-0.25, -0.2) is 9.97 Å². The molecule has 15 heavy (non-hydrogen) atoms. The number of nitrogens with zero attached hydrogens (tertiary/aromatic N) is 2. The Bertz CT molecular complexity index is 433. The molecule has 0 aromatic carbocycles. The van der Waals surface area contributed by atoms with E-state index in [1.807, 2.05) is 0 Å². The SMILES string of the molecule is Fc1ncccc1Sc1cccnc1F. The number of pyridine rings is 2. The molecule has 2 aromatic heterocycles. The van der Waals surface area contributed by atoms with E-state index in [-0.39, 0.29) is 9.79 Å². The van der Waals surface area contributed by atoms with Crippen LogP contribution in [0.1, 0.15) is 0 Å². The summed E-state index contributed by atoms with van der Waals surface area (Å²) in [6, 6.07) is 6.28. The highest BCUT2D eigenvalue weighted by Gasteiger charge is 2.08. The molecule has 0 N–H and O–H groups in total. The molecular weight excluding hydrogens is 218 g/mol. The topological polar surface area (TPSA) is 25.8 Å². The van der Waals surface area contributed by atoms with Gasteiger partial charge in [-0.2, -0.15) is 8.78 Å². The van der Waals surface area contributed by atoms with Crippen molar-refractivity contribution in [1.82, 2.24) is 9.97 Å². The largest absolute Gasteiger partial charge is 0.227 e. The van der Waals surface area contributed by atoms with Crippen LogP contribution in [0.5, 0.6) is 0 Å². The van der Waals surface area contributed by atoms with Crippen molar-refractivity contribution in [3.63, 3.8) is 0 Å². The fraction of sp³-hybridized carbons (Fsp3) is 0. The van der Waals surface area contributed by atoms with E-state index in [4.69, 9.17) is 0 Å². The van der Waals surface area contributed by atoms with Crippen LogP contribution >= 0.6 is 11.8 Å². The van der Waals surface area contributed by atoms with Crippen LogP contribution in [-0.2, 0) is 0 Å². The molecule has 0 saturated heterocycles. The maximum Gasteiger partial charge on any atom is 0.226 e. The molecule has 0 saturated carbocycles. The van der Waals surface area contributed by atoms with Crippen molar-refractivity contribution in [3.8, 4) is 0 Å². The second-order valence-electron chi connectivity index (χ2n) is 2.69. The molecule has 0 aliphatic rings. The third-order valence-corrected chi connectivity index (χ3v) is 2.72.